The molecule has 0 aliphatic heterocycles. The first-order valence-corrected chi connectivity index (χ1v) is 11.4. The second kappa shape index (κ2) is 9.57. The summed E-state index contributed by atoms with van der Waals surface area (Å²) >= 11 is 9.80. The Bertz CT molecular complexity index is 1150. The predicted octanol–water partition coefficient (Wildman–Crippen LogP) is 8.84. The van der Waals surface area contributed by atoms with Gasteiger partial charge in [0.25, 0.3) is 0 Å². The highest BCUT2D eigenvalue weighted by molar-refractivity contribution is 7.99. The standard InChI is InChI=1S/C26H18ClFS2/c1-18(19-5-3-2-4-6-19)20-7-16-26(25(27)17-20)30-24-14-12-23(13-15-24)29-22-10-8-21(28)9-11-22/h2-17H,1H2. The summed E-state index contributed by atoms with van der Waals surface area (Å²) in [5.41, 5.74) is 3.06. The average molecular weight is 449 g/mol. The van der Waals surface area contributed by atoms with Gasteiger partial charge in [0.1, 0.15) is 5.82 Å². The molecule has 148 valence electrons. The topological polar surface area (TPSA) is 0 Å². The van der Waals surface area contributed by atoms with Crippen molar-refractivity contribution in [1.82, 2.24) is 0 Å². The first kappa shape index (κ1) is 20.8. The molecule has 0 saturated heterocycles. The van der Waals surface area contributed by atoms with Crippen molar-refractivity contribution in [3.05, 3.63) is 126 Å². The fraction of sp³-hybridized carbons (Fsp3) is 0. The summed E-state index contributed by atoms with van der Waals surface area (Å²) in [6.07, 6.45) is 0. The lowest BCUT2D eigenvalue weighted by Crippen LogP contribution is -1.87. The Morgan fingerprint density at radius 2 is 1.23 bits per heavy atom. The van der Waals surface area contributed by atoms with E-state index < -0.39 is 0 Å². The first-order valence-electron chi connectivity index (χ1n) is 9.34. The SMILES string of the molecule is C=C(c1ccccc1)c1ccc(Sc2ccc(Sc3ccc(F)cc3)cc2)c(Cl)c1. The molecule has 0 aromatic heterocycles. The van der Waals surface area contributed by atoms with Crippen LogP contribution in [-0.4, -0.2) is 0 Å². The second-order valence-corrected chi connectivity index (χ2v) is 9.29. The van der Waals surface area contributed by atoms with Crippen LogP contribution in [0.5, 0.6) is 0 Å². The number of rotatable bonds is 6. The van der Waals surface area contributed by atoms with Crippen molar-refractivity contribution in [2.75, 3.05) is 0 Å². The zero-order valence-electron chi connectivity index (χ0n) is 16.0. The van der Waals surface area contributed by atoms with E-state index in [2.05, 4.69) is 36.9 Å². The molecule has 0 amide bonds. The maximum absolute atomic E-state index is 13.0. The Balaban J connectivity index is 1.45. The molecule has 4 rings (SSSR count). The molecule has 4 aromatic carbocycles. The third-order valence-corrected chi connectivity index (χ3v) is 7.03. The molecule has 0 radical (unpaired) electrons. The Labute approximate surface area is 189 Å². The van der Waals surface area contributed by atoms with Crippen molar-refractivity contribution >= 4 is 40.7 Å². The van der Waals surface area contributed by atoms with Crippen LogP contribution in [0, 0.1) is 5.82 Å². The van der Waals surface area contributed by atoms with Gasteiger partial charge in [0.2, 0.25) is 0 Å². The quantitative estimate of drug-likeness (QED) is 0.289. The van der Waals surface area contributed by atoms with Gasteiger partial charge in [0, 0.05) is 19.6 Å². The molecule has 4 heteroatoms. The van der Waals surface area contributed by atoms with E-state index in [0.29, 0.717) is 5.02 Å². The lowest BCUT2D eigenvalue weighted by atomic mass is 10.00. The van der Waals surface area contributed by atoms with Crippen molar-refractivity contribution in [3.63, 3.8) is 0 Å². The van der Waals surface area contributed by atoms with E-state index in [-0.39, 0.29) is 5.82 Å². The summed E-state index contributed by atoms with van der Waals surface area (Å²) in [5.74, 6) is -0.221. The number of halogens is 2. The van der Waals surface area contributed by atoms with Crippen LogP contribution in [0.15, 0.2) is 123 Å². The average Bonchev–Trinajstić information content (AvgIpc) is 2.78. The Kier molecular flexibility index (Phi) is 6.63. The highest BCUT2D eigenvalue weighted by Gasteiger charge is 2.08. The summed E-state index contributed by atoms with van der Waals surface area (Å²) in [6, 6.07) is 31.0. The molecule has 0 aliphatic carbocycles. The van der Waals surface area contributed by atoms with Crippen molar-refractivity contribution in [1.29, 1.82) is 0 Å². The summed E-state index contributed by atoms with van der Waals surface area (Å²) in [7, 11) is 0. The molecule has 0 bridgehead atoms. The summed E-state index contributed by atoms with van der Waals surface area (Å²) in [5, 5.41) is 0.708. The second-order valence-electron chi connectivity index (χ2n) is 6.62. The van der Waals surface area contributed by atoms with Crippen LogP contribution >= 0.6 is 35.1 Å². The van der Waals surface area contributed by atoms with Gasteiger partial charge in [0.05, 0.1) is 5.02 Å². The summed E-state index contributed by atoms with van der Waals surface area (Å²) in [4.78, 5) is 4.22. The summed E-state index contributed by atoms with van der Waals surface area (Å²) < 4.78 is 13.0. The van der Waals surface area contributed by atoms with E-state index in [1.807, 2.05) is 42.5 Å². The molecule has 0 fully saturated rings. The number of hydrogen-bond donors (Lipinski definition) is 0. The molecule has 0 atom stereocenters. The van der Waals surface area contributed by atoms with Gasteiger partial charge in [-0.05, 0) is 77.4 Å². The highest BCUT2D eigenvalue weighted by atomic mass is 35.5. The Morgan fingerprint density at radius 1 is 0.667 bits per heavy atom. The van der Waals surface area contributed by atoms with Gasteiger partial charge in [-0.25, -0.2) is 4.39 Å². The smallest absolute Gasteiger partial charge is 0.123 e. The van der Waals surface area contributed by atoms with Crippen LogP contribution in [0.1, 0.15) is 11.1 Å². The van der Waals surface area contributed by atoms with Crippen molar-refractivity contribution in [2.24, 2.45) is 0 Å². The van der Waals surface area contributed by atoms with E-state index in [1.54, 1.807) is 35.7 Å². The third kappa shape index (κ3) is 5.17. The van der Waals surface area contributed by atoms with Crippen LogP contribution < -0.4 is 0 Å². The fourth-order valence-electron chi connectivity index (χ4n) is 2.92. The maximum atomic E-state index is 13.0. The molecule has 0 N–H and O–H groups in total. The van der Waals surface area contributed by atoms with Crippen LogP contribution in [0.2, 0.25) is 5.02 Å². The molecule has 0 spiro atoms. The van der Waals surface area contributed by atoms with Crippen LogP contribution in [0.25, 0.3) is 5.57 Å². The van der Waals surface area contributed by atoms with Crippen molar-refractivity contribution < 1.29 is 4.39 Å². The third-order valence-electron chi connectivity index (χ3n) is 4.50. The normalized spacial score (nSPS) is 10.7. The van der Waals surface area contributed by atoms with Gasteiger partial charge in [-0.3, -0.25) is 0 Å². The molecule has 0 nitrogen and oxygen atoms in total. The molecule has 0 aliphatic rings. The lowest BCUT2D eigenvalue weighted by Gasteiger charge is -2.10. The molecule has 4 aromatic rings. The van der Waals surface area contributed by atoms with E-state index >= 15 is 0 Å². The lowest BCUT2D eigenvalue weighted by molar-refractivity contribution is 0.626. The fourth-order valence-corrected chi connectivity index (χ4v) is 4.85. The molecular formula is C26H18ClFS2. The van der Waals surface area contributed by atoms with E-state index in [0.717, 1.165) is 36.3 Å². The van der Waals surface area contributed by atoms with E-state index in [1.165, 1.54) is 12.1 Å². The van der Waals surface area contributed by atoms with Gasteiger partial charge >= 0.3 is 0 Å². The Hall–Kier alpha value is -2.46. The van der Waals surface area contributed by atoms with Gasteiger partial charge in [-0.2, -0.15) is 0 Å². The Morgan fingerprint density at radius 3 is 1.83 bits per heavy atom. The van der Waals surface area contributed by atoms with Crippen LogP contribution in [-0.2, 0) is 0 Å². The minimum Gasteiger partial charge on any atom is -0.207 e. The van der Waals surface area contributed by atoms with Crippen molar-refractivity contribution in [3.8, 4) is 0 Å². The minimum atomic E-state index is -0.221. The van der Waals surface area contributed by atoms with Gasteiger partial charge in [-0.15, -0.1) is 0 Å². The first-order chi connectivity index (χ1) is 14.6. The molecule has 30 heavy (non-hydrogen) atoms. The largest absolute Gasteiger partial charge is 0.207 e. The monoisotopic (exact) mass is 448 g/mol. The highest BCUT2D eigenvalue weighted by Crippen LogP contribution is 2.37. The van der Waals surface area contributed by atoms with E-state index in [9.17, 15) is 4.39 Å². The minimum absolute atomic E-state index is 0.221. The van der Waals surface area contributed by atoms with Gasteiger partial charge in [-0.1, -0.05) is 78.1 Å². The van der Waals surface area contributed by atoms with Crippen LogP contribution in [0.4, 0.5) is 4.39 Å². The van der Waals surface area contributed by atoms with E-state index in [4.69, 9.17) is 11.6 Å². The van der Waals surface area contributed by atoms with Gasteiger partial charge in [0.15, 0.2) is 0 Å². The summed E-state index contributed by atoms with van der Waals surface area (Å²) in [6.45, 7) is 4.21. The van der Waals surface area contributed by atoms with Crippen LogP contribution in [0.3, 0.4) is 0 Å². The zero-order valence-corrected chi connectivity index (χ0v) is 18.4. The zero-order chi connectivity index (χ0) is 20.9. The molecule has 0 heterocycles. The van der Waals surface area contributed by atoms with Gasteiger partial charge < -0.3 is 0 Å². The molecule has 0 unspecified atom stereocenters. The number of benzene rings is 4. The van der Waals surface area contributed by atoms with Crippen molar-refractivity contribution in [2.45, 2.75) is 19.6 Å². The number of hydrogen-bond acceptors (Lipinski definition) is 2. The maximum Gasteiger partial charge on any atom is 0.123 e. The predicted molar refractivity (Wildman–Crippen MR) is 127 cm³/mol. The molecular weight excluding hydrogens is 431 g/mol. The molecule has 0 saturated carbocycles.